The zero-order valence-corrected chi connectivity index (χ0v) is 14.4. The lowest BCUT2D eigenvalue weighted by Gasteiger charge is -2.11. The van der Waals surface area contributed by atoms with Crippen molar-refractivity contribution < 1.29 is 9.84 Å². The second-order valence-corrected chi connectivity index (χ2v) is 5.45. The van der Waals surface area contributed by atoms with Crippen LogP contribution in [0.25, 0.3) is 11.4 Å². The maximum absolute atomic E-state index is 9.78. The summed E-state index contributed by atoms with van der Waals surface area (Å²) in [6.45, 7) is 4.44. The van der Waals surface area contributed by atoms with E-state index in [0.717, 1.165) is 27.1 Å². The van der Waals surface area contributed by atoms with Crippen molar-refractivity contribution in [3.8, 4) is 22.9 Å². The smallest absolute Gasteiger partial charge is 0.161 e. The standard InChI is InChI=1S/C15H18IN3O2/c1-4-10-13(16)15(17-3)19-14(18-10)9-6-7-11(20)12(8-9)21-5-2/h6-8,20H,4-5H2,1-3H3,(H,17,18,19). The molecular formula is C15H18IN3O2. The van der Waals surface area contributed by atoms with Gasteiger partial charge in [-0.25, -0.2) is 9.97 Å². The largest absolute Gasteiger partial charge is 0.504 e. The van der Waals surface area contributed by atoms with Gasteiger partial charge in [0.05, 0.1) is 15.9 Å². The van der Waals surface area contributed by atoms with Crippen LogP contribution in [0.1, 0.15) is 19.5 Å². The van der Waals surface area contributed by atoms with Gasteiger partial charge >= 0.3 is 0 Å². The Labute approximate surface area is 137 Å². The summed E-state index contributed by atoms with van der Waals surface area (Å²) < 4.78 is 6.45. The molecule has 0 unspecified atom stereocenters. The fraction of sp³-hybridized carbons (Fsp3) is 0.333. The van der Waals surface area contributed by atoms with Crippen LogP contribution >= 0.6 is 22.6 Å². The normalized spacial score (nSPS) is 10.5. The van der Waals surface area contributed by atoms with Crippen molar-refractivity contribution in [2.45, 2.75) is 20.3 Å². The van der Waals surface area contributed by atoms with Crippen molar-refractivity contribution in [1.29, 1.82) is 0 Å². The van der Waals surface area contributed by atoms with Gasteiger partial charge in [-0.3, -0.25) is 0 Å². The highest BCUT2D eigenvalue weighted by Gasteiger charge is 2.13. The van der Waals surface area contributed by atoms with Crippen molar-refractivity contribution in [1.82, 2.24) is 9.97 Å². The maximum Gasteiger partial charge on any atom is 0.161 e. The Bertz CT molecular complexity index is 622. The molecule has 2 N–H and O–H groups in total. The van der Waals surface area contributed by atoms with Crippen molar-refractivity contribution in [2.75, 3.05) is 19.0 Å². The number of nitrogens with one attached hydrogen (secondary N) is 1. The van der Waals surface area contributed by atoms with E-state index in [4.69, 9.17) is 4.74 Å². The molecular weight excluding hydrogens is 381 g/mol. The van der Waals surface area contributed by atoms with E-state index < -0.39 is 0 Å². The van der Waals surface area contributed by atoms with Crippen molar-refractivity contribution >= 4 is 28.4 Å². The molecule has 0 spiro atoms. The topological polar surface area (TPSA) is 67.3 Å². The number of ether oxygens (including phenoxy) is 1. The zero-order valence-electron chi connectivity index (χ0n) is 12.3. The van der Waals surface area contributed by atoms with Gasteiger partial charge in [0, 0.05) is 12.6 Å². The number of halogens is 1. The van der Waals surface area contributed by atoms with Crippen LogP contribution in [-0.4, -0.2) is 28.7 Å². The molecule has 0 atom stereocenters. The van der Waals surface area contributed by atoms with Crippen LogP contribution in [0.5, 0.6) is 11.5 Å². The minimum absolute atomic E-state index is 0.121. The highest BCUT2D eigenvalue weighted by Crippen LogP contribution is 2.32. The summed E-state index contributed by atoms with van der Waals surface area (Å²) in [7, 11) is 1.84. The van der Waals surface area contributed by atoms with Crippen LogP contribution in [0.2, 0.25) is 0 Å². The Morgan fingerprint density at radius 1 is 1.29 bits per heavy atom. The van der Waals surface area contributed by atoms with E-state index in [1.807, 2.05) is 14.0 Å². The third-order valence-corrected chi connectivity index (χ3v) is 4.14. The van der Waals surface area contributed by atoms with Gasteiger partial charge in [0.2, 0.25) is 0 Å². The minimum Gasteiger partial charge on any atom is -0.504 e. The van der Waals surface area contributed by atoms with E-state index in [0.29, 0.717) is 18.2 Å². The van der Waals surface area contributed by atoms with Crippen LogP contribution in [0.15, 0.2) is 18.2 Å². The second-order valence-electron chi connectivity index (χ2n) is 4.38. The molecule has 1 aromatic heterocycles. The molecule has 0 saturated heterocycles. The van der Waals surface area contributed by atoms with Gasteiger partial charge in [0.15, 0.2) is 17.3 Å². The first-order chi connectivity index (χ1) is 10.1. The van der Waals surface area contributed by atoms with Crippen LogP contribution < -0.4 is 10.1 Å². The van der Waals surface area contributed by atoms with E-state index in [2.05, 4.69) is 44.8 Å². The number of phenolic OH excluding ortho intramolecular Hbond substituents is 1. The van der Waals surface area contributed by atoms with E-state index in [9.17, 15) is 5.11 Å². The number of benzene rings is 1. The molecule has 112 valence electrons. The average Bonchev–Trinajstić information content (AvgIpc) is 2.50. The van der Waals surface area contributed by atoms with Crippen molar-refractivity contribution in [3.05, 3.63) is 27.5 Å². The number of nitrogens with zero attached hydrogens (tertiary/aromatic N) is 2. The Hall–Kier alpha value is -1.57. The second kappa shape index (κ2) is 6.93. The molecule has 0 saturated carbocycles. The van der Waals surface area contributed by atoms with Gasteiger partial charge in [-0.2, -0.15) is 0 Å². The molecule has 21 heavy (non-hydrogen) atoms. The summed E-state index contributed by atoms with van der Waals surface area (Å²) in [5.74, 6) is 2.00. The van der Waals surface area contributed by atoms with Gasteiger partial charge < -0.3 is 15.2 Å². The van der Waals surface area contributed by atoms with E-state index >= 15 is 0 Å². The lowest BCUT2D eigenvalue weighted by molar-refractivity contribution is 0.318. The van der Waals surface area contributed by atoms with E-state index in [1.165, 1.54) is 0 Å². The summed E-state index contributed by atoms with van der Waals surface area (Å²) in [6.07, 6.45) is 0.832. The SMILES string of the molecule is CCOc1cc(-c2nc(CC)c(I)c(NC)n2)ccc1O. The molecule has 2 rings (SSSR count). The molecule has 1 heterocycles. The highest BCUT2D eigenvalue weighted by molar-refractivity contribution is 14.1. The van der Waals surface area contributed by atoms with Crippen molar-refractivity contribution in [2.24, 2.45) is 0 Å². The lowest BCUT2D eigenvalue weighted by Crippen LogP contribution is -2.05. The lowest BCUT2D eigenvalue weighted by atomic mass is 10.1. The third-order valence-electron chi connectivity index (χ3n) is 3.01. The molecule has 0 bridgehead atoms. The number of aromatic hydroxyl groups is 1. The first-order valence-corrected chi connectivity index (χ1v) is 7.88. The Kier molecular flexibility index (Phi) is 5.22. The van der Waals surface area contributed by atoms with Crippen LogP contribution in [0, 0.1) is 3.57 Å². The summed E-state index contributed by atoms with van der Waals surface area (Å²) in [5.41, 5.74) is 1.81. The predicted molar refractivity (Wildman–Crippen MR) is 91.9 cm³/mol. The Morgan fingerprint density at radius 2 is 2.05 bits per heavy atom. The van der Waals surface area contributed by atoms with Gasteiger partial charge in [-0.15, -0.1) is 0 Å². The first kappa shape index (κ1) is 15.8. The number of hydrogen-bond acceptors (Lipinski definition) is 5. The quantitative estimate of drug-likeness (QED) is 0.754. The van der Waals surface area contributed by atoms with Crippen LogP contribution in [-0.2, 0) is 6.42 Å². The van der Waals surface area contributed by atoms with Crippen LogP contribution in [0.3, 0.4) is 0 Å². The van der Waals surface area contributed by atoms with E-state index in [1.54, 1.807) is 18.2 Å². The zero-order chi connectivity index (χ0) is 15.4. The molecule has 0 radical (unpaired) electrons. The Balaban J connectivity index is 2.53. The fourth-order valence-corrected chi connectivity index (χ4v) is 2.84. The summed E-state index contributed by atoms with van der Waals surface area (Å²) in [5, 5.41) is 12.9. The van der Waals surface area contributed by atoms with Gasteiger partial charge in [0.1, 0.15) is 5.82 Å². The van der Waals surface area contributed by atoms with Gasteiger partial charge in [-0.1, -0.05) is 6.92 Å². The number of aryl methyl sites for hydroxylation is 1. The average molecular weight is 399 g/mol. The molecule has 0 aliphatic heterocycles. The summed E-state index contributed by atoms with van der Waals surface area (Å²) in [6, 6.07) is 5.16. The van der Waals surface area contributed by atoms with Crippen LogP contribution in [0.4, 0.5) is 5.82 Å². The third kappa shape index (κ3) is 3.37. The molecule has 0 amide bonds. The molecule has 1 aromatic carbocycles. The molecule has 0 aliphatic carbocycles. The highest BCUT2D eigenvalue weighted by atomic mass is 127. The molecule has 5 nitrogen and oxygen atoms in total. The predicted octanol–water partition coefficient (Wildman–Crippen LogP) is 3.46. The molecule has 6 heteroatoms. The molecule has 2 aromatic rings. The summed E-state index contributed by atoms with van der Waals surface area (Å²) >= 11 is 2.25. The summed E-state index contributed by atoms with van der Waals surface area (Å²) in [4.78, 5) is 9.14. The number of phenols is 1. The molecule has 0 aliphatic rings. The molecule has 0 fully saturated rings. The van der Waals surface area contributed by atoms with Gasteiger partial charge in [0.25, 0.3) is 0 Å². The number of hydrogen-bond donors (Lipinski definition) is 2. The Morgan fingerprint density at radius 3 is 2.67 bits per heavy atom. The first-order valence-electron chi connectivity index (χ1n) is 6.81. The maximum atomic E-state index is 9.78. The number of anilines is 1. The number of aromatic nitrogens is 2. The number of rotatable bonds is 5. The fourth-order valence-electron chi connectivity index (χ4n) is 1.95. The van der Waals surface area contributed by atoms with E-state index in [-0.39, 0.29) is 5.75 Å². The van der Waals surface area contributed by atoms with Gasteiger partial charge in [-0.05, 0) is 54.1 Å². The monoisotopic (exact) mass is 399 g/mol. The minimum atomic E-state index is 0.121. The van der Waals surface area contributed by atoms with Crippen molar-refractivity contribution in [3.63, 3.8) is 0 Å².